The van der Waals surface area contributed by atoms with Crippen molar-refractivity contribution in [3.63, 3.8) is 0 Å². The van der Waals surface area contributed by atoms with Crippen molar-refractivity contribution in [2.24, 2.45) is 5.41 Å². The van der Waals surface area contributed by atoms with Crippen molar-refractivity contribution in [2.45, 2.75) is 52.9 Å². The summed E-state index contributed by atoms with van der Waals surface area (Å²) in [6.45, 7) is 6.29. The highest BCUT2D eigenvalue weighted by molar-refractivity contribution is 6.00. The third-order valence-electron chi connectivity index (χ3n) is 5.23. The zero-order chi connectivity index (χ0) is 23.2. The maximum atomic E-state index is 12.9. The molecule has 1 aromatic rings. The van der Waals surface area contributed by atoms with Gasteiger partial charge in [0.1, 0.15) is 13.2 Å². The van der Waals surface area contributed by atoms with E-state index >= 15 is 0 Å². The highest BCUT2D eigenvalue weighted by Gasteiger charge is 2.48. The lowest BCUT2D eigenvalue weighted by molar-refractivity contribution is -0.172. The molecule has 0 radical (unpaired) electrons. The van der Waals surface area contributed by atoms with Gasteiger partial charge in [-0.05, 0) is 58.6 Å². The van der Waals surface area contributed by atoms with Crippen LogP contribution < -0.4 is 0 Å². The summed E-state index contributed by atoms with van der Waals surface area (Å²) in [6.07, 6.45) is 3.19. The van der Waals surface area contributed by atoms with E-state index in [9.17, 15) is 9.59 Å². The van der Waals surface area contributed by atoms with Gasteiger partial charge in [0, 0.05) is 12.0 Å². The highest BCUT2D eigenvalue weighted by atomic mass is 16.6. The molecular formula is C27H32O5. The van der Waals surface area contributed by atoms with Crippen LogP contribution in [0.25, 0.3) is 0 Å². The van der Waals surface area contributed by atoms with Crippen LogP contribution in [0.15, 0.2) is 41.5 Å². The van der Waals surface area contributed by atoms with Crippen molar-refractivity contribution in [2.75, 3.05) is 26.4 Å². The van der Waals surface area contributed by atoms with Crippen LogP contribution in [-0.2, 0) is 23.8 Å². The zero-order valence-corrected chi connectivity index (χ0v) is 19.3. The minimum absolute atomic E-state index is 0.0341. The quantitative estimate of drug-likeness (QED) is 0.178. The number of ether oxygens (including phenoxy) is 3. The van der Waals surface area contributed by atoms with Gasteiger partial charge in [-0.25, -0.2) is 0 Å². The summed E-state index contributed by atoms with van der Waals surface area (Å²) < 4.78 is 16.0. The number of hydrogen-bond acceptors (Lipinski definition) is 5. The summed E-state index contributed by atoms with van der Waals surface area (Å²) in [4.78, 5) is 25.7. The topological polar surface area (TPSA) is 61.8 Å². The Morgan fingerprint density at radius 1 is 0.938 bits per heavy atom. The lowest BCUT2D eigenvalue weighted by atomic mass is 9.79. The Morgan fingerprint density at radius 3 is 2.16 bits per heavy atom. The minimum Gasteiger partial charge on any atom is -0.465 e. The number of hydrogen-bond donors (Lipinski definition) is 0. The van der Waals surface area contributed by atoms with Crippen LogP contribution in [-0.4, -0.2) is 38.4 Å². The van der Waals surface area contributed by atoms with E-state index in [0.717, 1.165) is 18.4 Å². The Bertz CT molecular complexity index is 898. The molecule has 2 rings (SSSR count). The smallest absolute Gasteiger partial charge is 0.324 e. The third-order valence-corrected chi connectivity index (χ3v) is 5.23. The SMILES string of the molecule is CCOC(=O)C(CC#CCOCC#Cc1ccccc1)(CCC(C)=C1CC1)C(=O)OCC. The zero-order valence-electron chi connectivity index (χ0n) is 19.3. The minimum atomic E-state index is -1.43. The van der Waals surface area contributed by atoms with E-state index in [1.54, 1.807) is 13.8 Å². The molecule has 0 heterocycles. The number of benzene rings is 1. The Kier molecular flexibility index (Phi) is 10.6. The summed E-state index contributed by atoms with van der Waals surface area (Å²) in [7, 11) is 0. The summed E-state index contributed by atoms with van der Waals surface area (Å²) in [5, 5.41) is 0. The van der Waals surface area contributed by atoms with Crippen molar-refractivity contribution in [1.29, 1.82) is 0 Å². The molecule has 0 spiro atoms. The molecule has 170 valence electrons. The lowest BCUT2D eigenvalue weighted by Gasteiger charge is -2.27. The van der Waals surface area contributed by atoms with E-state index < -0.39 is 17.4 Å². The number of allylic oxidation sites excluding steroid dienone is 2. The third kappa shape index (κ3) is 7.91. The second-order valence-corrected chi connectivity index (χ2v) is 7.60. The molecule has 0 unspecified atom stereocenters. The van der Waals surface area contributed by atoms with E-state index in [-0.39, 0.29) is 32.8 Å². The van der Waals surface area contributed by atoms with Crippen LogP contribution in [0.2, 0.25) is 0 Å². The average Bonchev–Trinajstić information content (AvgIpc) is 3.64. The van der Waals surface area contributed by atoms with Crippen LogP contribution in [0.1, 0.15) is 58.4 Å². The lowest BCUT2D eigenvalue weighted by Crippen LogP contribution is -2.42. The Morgan fingerprint density at radius 2 is 1.56 bits per heavy atom. The first kappa shape index (κ1) is 25.2. The molecule has 1 aromatic carbocycles. The molecule has 0 saturated heterocycles. The molecule has 32 heavy (non-hydrogen) atoms. The van der Waals surface area contributed by atoms with Gasteiger partial charge in [0.15, 0.2) is 5.41 Å². The monoisotopic (exact) mass is 436 g/mol. The predicted molar refractivity (Wildman–Crippen MR) is 123 cm³/mol. The largest absolute Gasteiger partial charge is 0.465 e. The first-order valence-electron chi connectivity index (χ1n) is 11.1. The van der Waals surface area contributed by atoms with Crippen molar-refractivity contribution in [1.82, 2.24) is 0 Å². The molecule has 0 aliphatic heterocycles. The first-order chi connectivity index (χ1) is 15.5. The molecule has 5 heteroatoms. The van der Waals surface area contributed by atoms with Crippen molar-refractivity contribution in [3.8, 4) is 23.7 Å². The fourth-order valence-corrected chi connectivity index (χ4v) is 3.20. The average molecular weight is 437 g/mol. The van der Waals surface area contributed by atoms with Gasteiger partial charge < -0.3 is 14.2 Å². The molecule has 0 amide bonds. The van der Waals surface area contributed by atoms with Gasteiger partial charge >= 0.3 is 11.9 Å². The number of rotatable bonds is 10. The van der Waals surface area contributed by atoms with Crippen LogP contribution in [0.5, 0.6) is 0 Å². The van der Waals surface area contributed by atoms with Crippen LogP contribution in [0.4, 0.5) is 0 Å². The van der Waals surface area contributed by atoms with Gasteiger partial charge in [-0.15, -0.1) is 0 Å². The molecule has 1 aliphatic carbocycles. The Balaban J connectivity index is 2.01. The van der Waals surface area contributed by atoms with E-state index in [1.807, 2.05) is 30.3 Å². The Labute approximate surface area is 191 Å². The summed E-state index contributed by atoms with van der Waals surface area (Å²) >= 11 is 0. The summed E-state index contributed by atoms with van der Waals surface area (Å²) in [5.41, 5.74) is 2.13. The molecule has 5 nitrogen and oxygen atoms in total. The van der Waals surface area contributed by atoms with Gasteiger partial charge in [-0.3, -0.25) is 9.59 Å². The van der Waals surface area contributed by atoms with Gasteiger partial charge in [0.2, 0.25) is 0 Å². The number of carbonyl (C=O) groups excluding carboxylic acids is 2. The van der Waals surface area contributed by atoms with Crippen molar-refractivity contribution < 1.29 is 23.8 Å². The van der Waals surface area contributed by atoms with E-state index in [1.165, 1.54) is 11.1 Å². The maximum absolute atomic E-state index is 12.9. The van der Waals surface area contributed by atoms with E-state index in [4.69, 9.17) is 14.2 Å². The number of carbonyl (C=O) groups is 2. The fourth-order valence-electron chi connectivity index (χ4n) is 3.20. The van der Waals surface area contributed by atoms with Crippen LogP contribution in [0, 0.1) is 29.1 Å². The molecule has 1 saturated carbocycles. The first-order valence-corrected chi connectivity index (χ1v) is 11.1. The molecule has 0 bridgehead atoms. The molecule has 0 aromatic heterocycles. The molecule has 0 atom stereocenters. The van der Waals surface area contributed by atoms with E-state index in [2.05, 4.69) is 30.6 Å². The van der Waals surface area contributed by atoms with E-state index in [0.29, 0.717) is 12.8 Å². The van der Waals surface area contributed by atoms with Gasteiger partial charge in [-0.1, -0.05) is 53.0 Å². The van der Waals surface area contributed by atoms with Crippen LogP contribution in [0.3, 0.4) is 0 Å². The van der Waals surface area contributed by atoms with Crippen molar-refractivity contribution >= 4 is 11.9 Å². The summed E-state index contributed by atoms with van der Waals surface area (Å²) in [5.74, 6) is 10.6. The van der Waals surface area contributed by atoms with Crippen LogP contribution >= 0.6 is 0 Å². The normalized spacial score (nSPS) is 12.0. The molecule has 1 fully saturated rings. The standard InChI is InChI=1S/C27H32O5/c1-4-31-25(28)27(26(29)32-5-2,19-17-22(3)24-15-16-24)18-9-10-20-30-21-11-14-23-12-7-6-8-13-23/h6-8,12-13H,4-5,15-21H2,1-3H3. The second kappa shape index (κ2) is 13.4. The molecule has 0 N–H and O–H groups in total. The number of esters is 2. The second-order valence-electron chi connectivity index (χ2n) is 7.60. The fraction of sp³-hybridized carbons (Fsp3) is 0.481. The van der Waals surface area contributed by atoms with Gasteiger partial charge in [0.05, 0.1) is 13.2 Å². The predicted octanol–water partition coefficient (Wildman–Crippen LogP) is 4.45. The molecular weight excluding hydrogens is 404 g/mol. The highest BCUT2D eigenvalue weighted by Crippen LogP contribution is 2.38. The Hall–Kier alpha value is -3.02. The molecule has 1 aliphatic rings. The summed E-state index contributed by atoms with van der Waals surface area (Å²) in [6, 6.07) is 9.65. The van der Waals surface area contributed by atoms with Gasteiger partial charge in [-0.2, -0.15) is 0 Å². The van der Waals surface area contributed by atoms with Crippen molar-refractivity contribution in [3.05, 3.63) is 47.0 Å². The maximum Gasteiger partial charge on any atom is 0.324 e. The van der Waals surface area contributed by atoms with Gasteiger partial charge in [0.25, 0.3) is 0 Å².